The molecule has 1 rings (SSSR count). The Kier molecular flexibility index (Phi) is 6.89. The van der Waals surface area contributed by atoms with E-state index in [-0.39, 0.29) is 11.9 Å². The van der Waals surface area contributed by atoms with Gasteiger partial charge in [-0.05, 0) is 18.9 Å². The molecule has 5 heteroatoms. The van der Waals surface area contributed by atoms with E-state index in [0.717, 1.165) is 18.4 Å². The average molecular weight is 265 g/mol. The average Bonchev–Trinajstić information content (AvgIpc) is 2.45. The normalized spacial score (nSPS) is 10.5. The smallest absolute Gasteiger partial charge is 0.234 e. The lowest BCUT2D eigenvalue weighted by molar-refractivity contribution is -0.121. The topological polar surface area (TPSA) is 63.2 Å². The summed E-state index contributed by atoms with van der Waals surface area (Å²) in [5, 5.41) is 6.08. The van der Waals surface area contributed by atoms with Gasteiger partial charge in [-0.1, -0.05) is 19.9 Å². The van der Waals surface area contributed by atoms with Gasteiger partial charge in [0.15, 0.2) is 0 Å². The number of carbonyl (C=O) groups excluding carboxylic acids is 1. The fourth-order valence-corrected chi connectivity index (χ4v) is 1.82. The summed E-state index contributed by atoms with van der Waals surface area (Å²) in [6.07, 6.45) is 3.60. The molecule has 106 valence electrons. The van der Waals surface area contributed by atoms with Crippen LogP contribution in [0.1, 0.15) is 32.3 Å². The van der Waals surface area contributed by atoms with Gasteiger partial charge >= 0.3 is 0 Å². The number of aromatic nitrogens is 1. The second kappa shape index (κ2) is 8.48. The zero-order valence-corrected chi connectivity index (χ0v) is 11.9. The van der Waals surface area contributed by atoms with Crippen LogP contribution in [0.5, 0.6) is 5.88 Å². The van der Waals surface area contributed by atoms with Crippen molar-refractivity contribution in [3.8, 4) is 5.88 Å². The van der Waals surface area contributed by atoms with Crippen molar-refractivity contribution in [2.75, 3.05) is 13.7 Å². The second-order valence-corrected chi connectivity index (χ2v) is 4.36. The van der Waals surface area contributed by atoms with Crippen molar-refractivity contribution in [1.29, 1.82) is 0 Å². The van der Waals surface area contributed by atoms with E-state index in [2.05, 4.69) is 29.5 Å². The Balaban J connectivity index is 2.35. The van der Waals surface area contributed by atoms with E-state index in [9.17, 15) is 4.79 Å². The molecule has 1 aromatic heterocycles. The molecular weight excluding hydrogens is 242 g/mol. The summed E-state index contributed by atoms with van der Waals surface area (Å²) >= 11 is 0. The molecule has 0 saturated carbocycles. The van der Waals surface area contributed by atoms with E-state index in [1.165, 1.54) is 0 Å². The number of pyridine rings is 1. The number of amides is 1. The van der Waals surface area contributed by atoms with Crippen molar-refractivity contribution < 1.29 is 9.53 Å². The summed E-state index contributed by atoms with van der Waals surface area (Å²) < 4.78 is 5.15. The highest BCUT2D eigenvalue weighted by atomic mass is 16.5. The number of nitrogens with zero attached hydrogens (tertiary/aromatic N) is 1. The van der Waals surface area contributed by atoms with Gasteiger partial charge in [0.05, 0.1) is 13.7 Å². The van der Waals surface area contributed by atoms with Crippen molar-refractivity contribution in [3.05, 3.63) is 23.9 Å². The van der Waals surface area contributed by atoms with Gasteiger partial charge in [-0.2, -0.15) is 0 Å². The van der Waals surface area contributed by atoms with Crippen molar-refractivity contribution in [3.63, 3.8) is 0 Å². The van der Waals surface area contributed by atoms with Crippen molar-refractivity contribution in [2.45, 2.75) is 39.3 Å². The lowest BCUT2D eigenvalue weighted by atomic mass is 10.2. The van der Waals surface area contributed by atoms with E-state index >= 15 is 0 Å². The molecule has 0 fully saturated rings. The minimum atomic E-state index is 0.0246. The minimum absolute atomic E-state index is 0.0246. The lowest BCUT2D eigenvalue weighted by Gasteiger charge is -2.15. The quantitative estimate of drug-likeness (QED) is 0.747. The van der Waals surface area contributed by atoms with Crippen LogP contribution < -0.4 is 15.4 Å². The third-order valence-electron chi connectivity index (χ3n) is 3.00. The fourth-order valence-electron chi connectivity index (χ4n) is 1.82. The van der Waals surface area contributed by atoms with Gasteiger partial charge in [0.1, 0.15) is 0 Å². The first-order valence-corrected chi connectivity index (χ1v) is 6.69. The van der Waals surface area contributed by atoms with Crippen LogP contribution in [0, 0.1) is 0 Å². The predicted octanol–water partition coefficient (Wildman–Crippen LogP) is 1.48. The van der Waals surface area contributed by atoms with Gasteiger partial charge in [0.2, 0.25) is 11.8 Å². The summed E-state index contributed by atoms with van der Waals surface area (Å²) in [5.74, 6) is 0.618. The molecule has 0 spiro atoms. The Morgan fingerprint density at radius 1 is 1.42 bits per heavy atom. The molecule has 0 unspecified atom stereocenters. The number of ether oxygens (including phenoxy) is 1. The first-order chi connectivity index (χ1) is 9.21. The van der Waals surface area contributed by atoms with Crippen LogP contribution in [0.25, 0.3) is 0 Å². The molecule has 0 aliphatic heterocycles. The maximum Gasteiger partial charge on any atom is 0.234 e. The van der Waals surface area contributed by atoms with Crippen LogP contribution in [0.4, 0.5) is 0 Å². The summed E-state index contributed by atoms with van der Waals surface area (Å²) in [6, 6.07) is 4.05. The molecular formula is C14H23N3O2. The molecule has 0 aliphatic carbocycles. The third-order valence-corrected chi connectivity index (χ3v) is 3.00. The Morgan fingerprint density at radius 2 is 2.16 bits per heavy atom. The minimum Gasteiger partial charge on any atom is -0.481 e. The summed E-state index contributed by atoms with van der Waals surface area (Å²) in [7, 11) is 1.59. The molecule has 0 bridgehead atoms. The Hall–Kier alpha value is -1.62. The Bertz CT molecular complexity index is 392. The first kappa shape index (κ1) is 15.4. The first-order valence-electron chi connectivity index (χ1n) is 6.69. The van der Waals surface area contributed by atoms with Crippen LogP contribution in [0.2, 0.25) is 0 Å². The highest BCUT2D eigenvalue weighted by Crippen LogP contribution is 2.12. The molecule has 1 aromatic rings. The maximum atomic E-state index is 11.7. The standard InChI is InChI=1S/C14H23N3O2/c1-4-12(5-2)17-13(18)10-15-9-11-7-6-8-16-14(11)19-3/h6-8,12,15H,4-5,9-10H2,1-3H3,(H,17,18). The van der Waals surface area contributed by atoms with Crippen LogP contribution >= 0.6 is 0 Å². The van der Waals surface area contributed by atoms with Gasteiger partial charge in [-0.3, -0.25) is 4.79 Å². The van der Waals surface area contributed by atoms with E-state index in [1.54, 1.807) is 13.3 Å². The zero-order valence-electron chi connectivity index (χ0n) is 11.9. The largest absolute Gasteiger partial charge is 0.481 e. The second-order valence-electron chi connectivity index (χ2n) is 4.36. The number of carbonyl (C=O) groups is 1. The van der Waals surface area contributed by atoms with Gasteiger partial charge in [0, 0.05) is 24.3 Å². The molecule has 0 saturated heterocycles. The van der Waals surface area contributed by atoms with Gasteiger partial charge in [-0.15, -0.1) is 0 Å². The predicted molar refractivity (Wildman–Crippen MR) is 75.0 cm³/mol. The van der Waals surface area contributed by atoms with E-state index in [4.69, 9.17) is 4.74 Å². The molecule has 0 atom stereocenters. The van der Waals surface area contributed by atoms with Gasteiger partial charge < -0.3 is 15.4 Å². The number of hydrogen-bond acceptors (Lipinski definition) is 4. The molecule has 0 radical (unpaired) electrons. The Labute approximate surface area is 114 Å². The van der Waals surface area contributed by atoms with Crippen LogP contribution in [0.15, 0.2) is 18.3 Å². The number of rotatable bonds is 8. The number of nitrogens with one attached hydrogen (secondary N) is 2. The highest BCUT2D eigenvalue weighted by Gasteiger charge is 2.08. The fraction of sp³-hybridized carbons (Fsp3) is 0.571. The van der Waals surface area contributed by atoms with Crippen LogP contribution in [-0.2, 0) is 11.3 Å². The van der Waals surface area contributed by atoms with E-state index in [0.29, 0.717) is 19.0 Å². The van der Waals surface area contributed by atoms with Crippen LogP contribution in [0.3, 0.4) is 0 Å². The number of methoxy groups -OCH3 is 1. The maximum absolute atomic E-state index is 11.7. The zero-order chi connectivity index (χ0) is 14.1. The van der Waals surface area contributed by atoms with Crippen molar-refractivity contribution >= 4 is 5.91 Å². The van der Waals surface area contributed by atoms with E-state index in [1.807, 2.05) is 12.1 Å². The van der Waals surface area contributed by atoms with Crippen molar-refractivity contribution in [1.82, 2.24) is 15.6 Å². The molecule has 0 aromatic carbocycles. The summed E-state index contributed by atoms with van der Waals surface area (Å²) in [5.41, 5.74) is 0.945. The van der Waals surface area contributed by atoms with Crippen LogP contribution in [-0.4, -0.2) is 30.6 Å². The van der Waals surface area contributed by atoms with E-state index < -0.39 is 0 Å². The van der Waals surface area contributed by atoms with Gasteiger partial charge in [0.25, 0.3) is 0 Å². The molecule has 0 aliphatic rings. The van der Waals surface area contributed by atoms with Gasteiger partial charge in [-0.25, -0.2) is 4.98 Å². The highest BCUT2D eigenvalue weighted by molar-refractivity contribution is 5.78. The monoisotopic (exact) mass is 265 g/mol. The molecule has 1 heterocycles. The Morgan fingerprint density at radius 3 is 2.79 bits per heavy atom. The SMILES string of the molecule is CCC(CC)NC(=O)CNCc1cccnc1OC. The lowest BCUT2D eigenvalue weighted by Crippen LogP contribution is -2.39. The summed E-state index contributed by atoms with van der Waals surface area (Å²) in [4.78, 5) is 15.8. The number of hydrogen-bond donors (Lipinski definition) is 2. The molecule has 2 N–H and O–H groups in total. The molecule has 1 amide bonds. The molecule has 5 nitrogen and oxygen atoms in total. The third kappa shape index (κ3) is 5.26. The van der Waals surface area contributed by atoms with Crippen molar-refractivity contribution in [2.24, 2.45) is 0 Å². The summed E-state index contributed by atoms with van der Waals surface area (Å²) in [6.45, 7) is 5.01. The molecule has 19 heavy (non-hydrogen) atoms.